The van der Waals surface area contributed by atoms with Crippen molar-refractivity contribution in [1.29, 1.82) is 0 Å². The Balaban J connectivity index is 1.61. The van der Waals surface area contributed by atoms with Gasteiger partial charge in [0.2, 0.25) is 0 Å². The fourth-order valence-corrected chi connectivity index (χ4v) is 2.85. The summed E-state index contributed by atoms with van der Waals surface area (Å²) in [7, 11) is 0. The maximum atomic E-state index is 14.9. The van der Waals surface area contributed by atoms with Crippen LogP contribution in [-0.4, -0.2) is 16.8 Å². The van der Waals surface area contributed by atoms with E-state index in [4.69, 9.17) is 4.42 Å². The summed E-state index contributed by atoms with van der Waals surface area (Å²) < 4.78 is 47.2. The van der Waals surface area contributed by atoms with E-state index in [1.807, 2.05) is 0 Å². The van der Waals surface area contributed by atoms with Crippen LogP contribution in [0.3, 0.4) is 0 Å². The lowest BCUT2D eigenvalue weighted by Gasteiger charge is -2.11. The van der Waals surface area contributed by atoms with Gasteiger partial charge in [0, 0.05) is 17.3 Å². The number of nitrogens with one attached hydrogen (secondary N) is 2. The second kappa shape index (κ2) is 7.70. The van der Waals surface area contributed by atoms with Crippen LogP contribution in [0.5, 0.6) is 0 Å². The molecule has 0 atom stereocenters. The van der Waals surface area contributed by atoms with Crippen molar-refractivity contribution in [2.45, 2.75) is 0 Å². The highest BCUT2D eigenvalue weighted by molar-refractivity contribution is 6.11. The van der Waals surface area contributed by atoms with E-state index in [2.05, 4.69) is 15.6 Å². The number of urea groups is 1. The third kappa shape index (κ3) is 3.86. The van der Waals surface area contributed by atoms with Crippen LogP contribution in [0.4, 0.5) is 29.3 Å². The number of benzene rings is 3. The first-order valence-corrected chi connectivity index (χ1v) is 8.61. The third-order valence-corrected chi connectivity index (χ3v) is 4.21. The van der Waals surface area contributed by atoms with Crippen LogP contribution >= 0.6 is 0 Å². The summed E-state index contributed by atoms with van der Waals surface area (Å²) >= 11 is 0. The molecule has 2 N–H and O–H groups in total. The van der Waals surface area contributed by atoms with Crippen molar-refractivity contribution < 1.29 is 27.2 Å². The number of anilines is 2. The van der Waals surface area contributed by atoms with E-state index < -0.39 is 40.5 Å². The lowest BCUT2D eigenvalue weighted by molar-refractivity contribution is 0.103. The molecule has 0 aliphatic heterocycles. The number of carbonyl (C=O) groups is 2. The van der Waals surface area contributed by atoms with Crippen LogP contribution in [0.15, 0.2) is 65.4 Å². The molecule has 6 nitrogen and oxygen atoms in total. The Morgan fingerprint density at radius 3 is 2.53 bits per heavy atom. The number of carbonyl (C=O) groups excluding carboxylic acids is 2. The zero-order valence-corrected chi connectivity index (χ0v) is 15.1. The fraction of sp³-hybridized carbons (Fsp3) is 0. The summed E-state index contributed by atoms with van der Waals surface area (Å²) in [6.07, 6.45) is 1.20. The predicted molar refractivity (Wildman–Crippen MR) is 103 cm³/mol. The summed E-state index contributed by atoms with van der Waals surface area (Å²) in [5.74, 6) is -3.42. The number of aromatic nitrogens is 1. The van der Waals surface area contributed by atoms with Crippen LogP contribution in [-0.2, 0) is 0 Å². The number of oxazole rings is 1. The Morgan fingerprint density at radius 2 is 1.73 bits per heavy atom. The molecule has 0 saturated heterocycles. The number of halogens is 3. The molecule has 0 radical (unpaired) electrons. The fourth-order valence-electron chi connectivity index (χ4n) is 2.85. The van der Waals surface area contributed by atoms with Gasteiger partial charge < -0.3 is 15.1 Å². The van der Waals surface area contributed by atoms with Crippen molar-refractivity contribution in [1.82, 2.24) is 4.98 Å². The minimum atomic E-state index is -1.11. The Labute approximate surface area is 167 Å². The minimum Gasteiger partial charge on any atom is -0.443 e. The number of ketones is 1. The van der Waals surface area contributed by atoms with Gasteiger partial charge >= 0.3 is 6.03 Å². The Hall–Kier alpha value is -4.14. The molecule has 0 aliphatic carbocycles. The number of nitrogens with zero attached hydrogens (tertiary/aromatic N) is 1. The van der Waals surface area contributed by atoms with E-state index in [1.54, 1.807) is 0 Å². The Bertz CT molecular complexity index is 1290. The van der Waals surface area contributed by atoms with Crippen molar-refractivity contribution in [3.63, 3.8) is 0 Å². The third-order valence-electron chi connectivity index (χ3n) is 4.21. The van der Waals surface area contributed by atoms with Crippen LogP contribution in [0.25, 0.3) is 11.1 Å². The molecule has 4 rings (SSSR count). The SMILES string of the molecule is O=C(Nc1cccc(F)c1)Nc1cc(F)cc(C(=O)c2ccc3ocnc3c2)c1F. The summed E-state index contributed by atoms with van der Waals surface area (Å²) in [5.41, 5.74) is -0.126. The van der Waals surface area contributed by atoms with Gasteiger partial charge in [0.25, 0.3) is 0 Å². The number of fused-ring (bicyclic) bond motifs is 1. The van der Waals surface area contributed by atoms with Gasteiger partial charge in [-0.2, -0.15) is 0 Å². The molecule has 9 heteroatoms. The highest BCUT2D eigenvalue weighted by Crippen LogP contribution is 2.25. The Morgan fingerprint density at radius 1 is 0.900 bits per heavy atom. The van der Waals surface area contributed by atoms with Crippen molar-refractivity contribution in [3.05, 3.63) is 89.6 Å². The second-order valence-electron chi connectivity index (χ2n) is 6.27. The quantitative estimate of drug-likeness (QED) is 0.457. The molecular formula is C21H12F3N3O3. The van der Waals surface area contributed by atoms with Crippen molar-refractivity contribution >= 4 is 34.3 Å². The van der Waals surface area contributed by atoms with Crippen molar-refractivity contribution in [2.75, 3.05) is 10.6 Å². The molecule has 0 unspecified atom stereocenters. The van der Waals surface area contributed by atoms with Crippen molar-refractivity contribution in [2.24, 2.45) is 0 Å². The number of hydrogen-bond acceptors (Lipinski definition) is 4. The minimum absolute atomic E-state index is 0.0658. The van der Waals surface area contributed by atoms with E-state index in [9.17, 15) is 22.8 Å². The normalized spacial score (nSPS) is 10.8. The molecule has 2 amide bonds. The summed E-state index contributed by atoms with van der Waals surface area (Å²) in [4.78, 5) is 28.7. The lowest BCUT2D eigenvalue weighted by Crippen LogP contribution is -2.21. The van der Waals surface area contributed by atoms with Crippen LogP contribution < -0.4 is 10.6 Å². The highest BCUT2D eigenvalue weighted by atomic mass is 19.1. The van der Waals surface area contributed by atoms with E-state index in [0.717, 1.165) is 18.2 Å². The topological polar surface area (TPSA) is 84.2 Å². The summed E-state index contributed by atoms with van der Waals surface area (Å²) in [6, 6.07) is 9.82. The molecular weight excluding hydrogens is 399 g/mol. The van der Waals surface area contributed by atoms with Gasteiger partial charge in [-0.05, 0) is 42.5 Å². The van der Waals surface area contributed by atoms with Gasteiger partial charge in [-0.3, -0.25) is 4.79 Å². The maximum absolute atomic E-state index is 14.9. The molecule has 0 fully saturated rings. The molecule has 0 bridgehead atoms. The average Bonchev–Trinajstić information content (AvgIpc) is 3.17. The molecule has 3 aromatic carbocycles. The van der Waals surface area contributed by atoms with E-state index >= 15 is 0 Å². The molecule has 150 valence electrons. The molecule has 0 spiro atoms. The predicted octanol–water partition coefficient (Wildman–Crippen LogP) is 5.12. The molecule has 0 aliphatic rings. The summed E-state index contributed by atoms with van der Waals surface area (Å²) in [5, 5.41) is 4.42. The standard InChI is InChI=1S/C21H12F3N3O3/c22-12-2-1-3-14(7-12)26-21(29)27-17-9-13(23)8-15(19(17)24)20(28)11-4-5-18-16(6-11)25-10-30-18/h1-10H,(H2,26,27,29). The lowest BCUT2D eigenvalue weighted by atomic mass is 10.0. The summed E-state index contributed by atoms with van der Waals surface area (Å²) in [6.45, 7) is 0. The van der Waals surface area contributed by atoms with Gasteiger partial charge in [-0.1, -0.05) is 6.07 Å². The van der Waals surface area contributed by atoms with E-state index in [1.165, 1.54) is 42.8 Å². The van der Waals surface area contributed by atoms with Crippen molar-refractivity contribution in [3.8, 4) is 0 Å². The molecule has 0 saturated carbocycles. The van der Waals surface area contributed by atoms with E-state index in [-0.39, 0.29) is 11.3 Å². The van der Waals surface area contributed by atoms with E-state index in [0.29, 0.717) is 11.1 Å². The smallest absolute Gasteiger partial charge is 0.323 e. The van der Waals surface area contributed by atoms with Crippen LogP contribution in [0.1, 0.15) is 15.9 Å². The first-order valence-electron chi connectivity index (χ1n) is 8.61. The molecule has 1 aromatic heterocycles. The first kappa shape index (κ1) is 19.2. The van der Waals surface area contributed by atoms with Gasteiger partial charge in [0.05, 0.1) is 11.3 Å². The number of hydrogen-bond donors (Lipinski definition) is 2. The molecule has 30 heavy (non-hydrogen) atoms. The maximum Gasteiger partial charge on any atom is 0.323 e. The molecule has 4 aromatic rings. The van der Waals surface area contributed by atoms with Gasteiger partial charge in [-0.25, -0.2) is 22.9 Å². The van der Waals surface area contributed by atoms with Crippen LogP contribution in [0.2, 0.25) is 0 Å². The van der Waals surface area contributed by atoms with Gasteiger partial charge in [0.15, 0.2) is 23.6 Å². The Kier molecular flexibility index (Phi) is 4.93. The zero-order valence-electron chi connectivity index (χ0n) is 15.1. The molecule has 1 heterocycles. The highest BCUT2D eigenvalue weighted by Gasteiger charge is 2.21. The largest absolute Gasteiger partial charge is 0.443 e. The number of amides is 2. The van der Waals surface area contributed by atoms with Gasteiger partial charge in [-0.15, -0.1) is 0 Å². The average molecular weight is 411 g/mol. The van der Waals surface area contributed by atoms with Crippen LogP contribution in [0, 0.1) is 17.5 Å². The second-order valence-corrected chi connectivity index (χ2v) is 6.27. The first-order chi connectivity index (χ1) is 14.4. The van der Waals surface area contributed by atoms with Gasteiger partial charge in [0.1, 0.15) is 17.2 Å². The number of rotatable bonds is 4. The zero-order chi connectivity index (χ0) is 21.3. The monoisotopic (exact) mass is 411 g/mol.